The molecule has 9 nitrogen and oxygen atoms in total. The number of nitrogens with zero attached hydrogens (tertiary/aromatic N) is 1. The number of fused-ring (bicyclic) bond motifs is 1. The topological polar surface area (TPSA) is 101 Å². The molecule has 9 heteroatoms. The van der Waals surface area contributed by atoms with Crippen molar-refractivity contribution in [1.29, 1.82) is 0 Å². The molecule has 0 saturated carbocycles. The molecule has 1 heterocycles. The van der Waals surface area contributed by atoms with Crippen LogP contribution in [0.1, 0.15) is 52.5 Å². The van der Waals surface area contributed by atoms with Gasteiger partial charge in [0.2, 0.25) is 13.6 Å². The molecule has 1 unspecified atom stereocenters. The molecule has 0 aromatic heterocycles. The Bertz CT molecular complexity index is 786. The zero-order chi connectivity index (χ0) is 23.0. The first-order valence-electron chi connectivity index (χ1n) is 10.2. The Morgan fingerprint density at radius 3 is 2.45 bits per heavy atom. The van der Waals surface area contributed by atoms with Gasteiger partial charge in [0, 0.05) is 25.9 Å². The minimum atomic E-state index is -0.602. The van der Waals surface area contributed by atoms with Crippen molar-refractivity contribution in [3.63, 3.8) is 0 Å². The Morgan fingerprint density at radius 2 is 1.74 bits per heavy atom. The van der Waals surface area contributed by atoms with Gasteiger partial charge < -0.3 is 28.6 Å². The predicted octanol–water partition coefficient (Wildman–Crippen LogP) is 3.43. The summed E-state index contributed by atoms with van der Waals surface area (Å²) in [6, 6.07) is 5.49. The van der Waals surface area contributed by atoms with Crippen LogP contribution in [0.3, 0.4) is 0 Å². The van der Waals surface area contributed by atoms with E-state index in [9.17, 15) is 14.4 Å². The summed E-state index contributed by atoms with van der Waals surface area (Å²) in [4.78, 5) is 37.0. The Morgan fingerprint density at radius 1 is 1.06 bits per heavy atom. The van der Waals surface area contributed by atoms with Crippen molar-refractivity contribution in [2.75, 3.05) is 20.6 Å². The third kappa shape index (κ3) is 8.35. The number of hydrogen-bond donors (Lipinski definition) is 0. The highest BCUT2D eigenvalue weighted by molar-refractivity contribution is 5.73. The number of hydrogen-bond acceptors (Lipinski definition) is 8. The summed E-state index contributed by atoms with van der Waals surface area (Å²) < 4.78 is 25.7. The summed E-state index contributed by atoms with van der Waals surface area (Å²) in [5.41, 5.74) is 0.435. The van der Waals surface area contributed by atoms with Gasteiger partial charge in [0.15, 0.2) is 11.5 Å². The summed E-state index contributed by atoms with van der Waals surface area (Å²) >= 11 is 0. The number of likely N-dealkylation sites (N-methyl/N-ethyl adjacent to an activating group) is 1. The lowest BCUT2D eigenvalue weighted by Crippen LogP contribution is -2.37. The van der Waals surface area contributed by atoms with E-state index < -0.39 is 24.5 Å². The zero-order valence-corrected chi connectivity index (χ0v) is 18.8. The van der Waals surface area contributed by atoms with Crippen LogP contribution in [0.15, 0.2) is 18.2 Å². The van der Waals surface area contributed by atoms with Gasteiger partial charge in [0.05, 0.1) is 0 Å². The molecule has 0 N–H and O–H groups in total. The molecule has 1 aromatic carbocycles. The maximum atomic E-state index is 12.2. The van der Waals surface area contributed by atoms with Crippen molar-refractivity contribution >= 4 is 18.0 Å². The van der Waals surface area contributed by atoms with Crippen LogP contribution >= 0.6 is 0 Å². The third-order valence-corrected chi connectivity index (χ3v) is 4.50. The van der Waals surface area contributed by atoms with E-state index >= 15 is 0 Å². The average molecular weight is 437 g/mol. The van der Waals surface area contributed by atoms with Crippen molar-refractivity contribution < 1.29 is 38.1 Å². The lowest BCUT2D eigenvalue weighted by Gasteiger charge is -2.24. The number of benzene rings is 1. The molecular formula is C22H31NO8. The summed E-state index contributed by atoms with van der Waals surface area (Å²) in [5.74, 6) is 0.475. The van der Waals surface area contributed by atoms with E-state index in [1.54, 1.807) is 27.8 Å². The number of amides is 1. The maximum Gasteiger partial charge on any atom is 0.412 e. The molecule has 1 aliphatic heterocycles. The minimum Gasteiger partial charge on any atom is -0.460 e. The van der Waals surface area contributed by atoms with E-state index in [0.29, 0.717) is 24.3 Å². The Hall–Kier alpha value is -2.97. The third-order valence-electron chi connectivity index (χ3n) is 4.50. The second kappa shape index (κ2) is 10.9. The van der Waals surface area contributed by atoms with Crippen molar-refractivity contribution in [2.24, 2.45) is 0 Å². The van der Waals surface area contributed by atoms with Gasteiger partial charge in [-0.1, -0.05) is 6.07 Å². The highest BCUT2D eigenvalue weighted by atomic mass is 16.7. The molecule has 1 aliphatic rings. The SMILES string of the molecule is CC(Cc1ccc2c(c1)OCO2)N(C)C(=O)OCOC(=O)CCCC(=O)OC(C)(C)C. The van der Waals surface area contributed by atoms with Gasteiger partial charge in [-0.2, -0.15) is 0 Å². The molecule has 0 radical (unpaired) electrons. The molecule has 0 fully saturated rings. The second-order valence-corrected chi connectivity index (χ2v) is 8.34. The standard InChI is InChI=1S/C22H31NO8/c1-15(11-16-9-10-17-18(12-16)28-13-27-17)23(5)21(26)30-14-29-19(24)7-6-8-20(25)31-22(2,3)4/h9-10,12,15H,6-8,11,13-14H2,1-5H3. The first-order valence-corrected chi connectivity index (χ1v) is 10.2. The summed E-state index contributed by atoms with van der Waals surface area (Å²) in [6.45, 7) is 6.95. The van der Waals surface area contributed by atoms with E-state index in [-0.39, 0.29) is 31.6 Å². The minimum absolute atomic E-state index is 0.0349. The van der Waals surface area contributed by atoms with Gasteiger partial charge >= 0.3 is 18.0 Å². The monoisotopic (exact) mass is 437 g/mol. The van der Waals surface area contributed by atoms with E-state index in [2.05, 4.69) is 0 Å². The smallest absolute Gasteiger partial charge is 0.412 e. The Labute approximate surface area is 182 Å². The van der Waals surface area contributed by atoms with Crippen LogP contribution in [0.2, 0.25) is 0 Å². The van der Waals surface area contributed by atoms with E-state index in [4.69, 9.17) is 23.7 Å². The normalized spacial score (nSPS) is 13.3. The van der Waals surface area contributed by atoms with Crippen LogP contribution in [0.5, 0.6) is 11.5 Å². The van der Waals surface area contributed by atoms with Gasteiger partial charge in [-0.3, -0.25) is 9.59 Å². The van der Waals surface area contributed by atoms with E-state index in [1.165, 1.54) is 4.90 Å². The number of rotatable bonds is 9. The van der Waals surface area contributed by atoms with Crippen molar-refractivity contribution in [3.05, 3.63) is 23.8 Å². The fourth-order valence-corrected chi connectivity index (χ4v) is 2.82. The molecule has 31 heavy (non-hydrogen) atoms. The number of carbonyl (C=O) groups is 3. The largest absolute Gasteiger partial charge is 0.460 e. The molecule has 1 amide bonds. The molecule has 0 spiro atoms. The zero-order valence-electron chi connectivity index (χ0n) is 18.8. The molecule has 2 rings (SSSR count). The van der Waals surface area contributed by atoms with Crippen LogP contribution in [-0.4, -0.2) is 55.2 Å². The molecule has 172 valence electrons. The molecule has 0 bridgehead atoms. The van der Waals surface area contributed by atoms with Gasteiger partial charge in [0.25, 0.3) is 0 Å². The lowest BCUT2D eigenvalue weighted by atomic mass is 10.1. The number of carbonyl (C=O) groups excluding carboxylic acids is 3. The van der Waals surface area contributed by atoms with Crippen LogP contribution in [-0.2, 0) is 30.2 Å². The average Bonchev–Trinajstić information content (AvgIpc) is 3.13. The molecule has 0 aliphatic carbocycles. The first kappa shape index (κ1) is 24.3. The highest BCUT2D eigenvalue weighted by Gasteiger charge is 2.20. The summed E-state index contributed by atoms with van der Waals surface area (Å²) in [7, 11) is 1.61. The van der Waals surface area contributed by atoms with Gasteiger partial charge in [-0.15, -0.1) is 0 Å². The van der Waals surface area contributed by atoms with Gasteiger partial charge in [-0.25, -0.2) is 4.79 Å². The first-order chi connectivity index (χ1) is 14.5. The summed E-state index contributed by atoms with van der Waals surface area (Å²) in [6.07, 6.45) is 0.440. The number of esters is 2. The van der Waals surface area contributed by atoms with Crippen molar-refractivity contribution in [1.82, 2.24) is 4.90 Å². The van der Waals surface area contributed by atoms with E-state index in [1.807, 2.05) is 25.1 Å². The molecule has 1 atom stereocenters. The van der Waals surface area contributed by atoms with Crippen LogP contribution in [0.25, 0.3) is 0 Å². The van der Waals surface area contributed by atoms with Crippen LogP contribution in [0.4, 0.5) is 4.79 Å². The fourth-order valence-electron chi connectivity index (χ4n) is 2.82. The van der Waals surface area contributed by atoms with Crippen molar-refractivity contribution in [2.45, 2.75) is 65.0 Å². The van der Waals surface area contributed by atoms with Crippen molar-refractivity contribution in [3.8, 4) is 11.5 Å². The molecular weight excluding hydrogens is 406 g/mol. The second-order valence-electron chi connectivity index (χ2n) is 8.34. The maximum absolute atomic E-state index is 12.2. The Balaban J connectivity index is 1.64. The predicted molar refractivity (Wildman–Crippen MR) is 111 cm³/mol. The van der Waals surface area contributed by atoms with E-state index in [0.717, 1.165) is 5.56 Å². The lowest BCUT2D eigenvalue weighted by molar-refractivity contribution is -0.155. The van der Waals surface area contributed by atoms with Crippen LogP contribution in [0, 0.1) is 0 Å². The van der Waals surface area contributed by atoms with Gasteiger partial charge in [0.1, 0.15) is 5.60 Å². The number of ether oxygens (including phenoxy) is 5. The molecule has 1 aromatic rings. The highest BCUT2D eigenvalue weighted by Crippen LogP contribution is 2.32. The summed E-state index contributed by atoms with van der Waals surface area (Å²) in [5, 5.41) is 0. The van der Waals surface area contributed by atoms with Gasteiger partial charge in [-0.05, 0) is 58.2 Å². The quantitative estimate of drug-likeness (QED) is 0.428. The molecule has 0 saturated heterocycles. The Kier molecular flexibility index (Phi) is 8.53. The fraction of sp³-hybridized carbons (Fsp3) is 0.591. The van der Waals surface area contributed by atoms with Crippen LogP contribution < -0.4 is 9.47 Å².